The topological polar surface area (TPSA) is 86.7 Å². The predicted octanol–water partition coefficient (Wildman–Crippen LogP) is 0.876. The SMILES string of the molecule is C=CCn1c(=O)c2c(nc3n2C(C)C(C)=NN3CCOCC)n(C)c1=O. The molecule has 1 atom stereocenters. The summed E-state index contributed by atoms with van der Waals surface area (Å²) < 4.78 is 9.84. The predicted molar refractivity (Wildman–Crippen MR) is 101 cm³/mol. The molecule has 140 valence electrons. The summed E-state index contributed by atoms with van der Waals surface area (Å²) in [4.78, 5) is 30.1. The van der Waals surface area contributed by atoms with E-state index in [0.717, 1.165) is 5.71 Å². The Balaban J connectivity index is 2.27. The molecule has 9 nitrogen and oxygen atoms in total. The number of fused-ring (bicyclic) bond motifs is 3. The second-order valence-corrected chi connectivity index (χ2v) is 6.24. The van der Waals surface area contributed by atoms with Crippen molar-refractivity contribution in [1.29, 1.82) is 0 Å². The molecule has 0 bridgehead atoms. The Bertz CT molecular complexity index is 997. The van der Waals surface area contributed by atoms with Crippen molar-refractivity contribution in [2.24, 2.45) is 12.1 Å². The Morgan fingerprint density at radius 1 is 1.35 bits per heavy atom. The van der Waals surface area contributed by atoms with Gasteiger partial charge in [-0.15, -0.1) is 6.58 Å². The van der Waals surface area contributed by atoms with E-state index in [1.165, 1.54) is 15.2 Å². The molecule has 1 aliphatic rings. The van der Waals surface area contributed by atoms with E-state index in [4.69, 9.17) is 4.74 Å². The van der Waals surface area contributed by atoms with Gasteiger partial charge in [-0.25, -0.2) is 9.80 Å². The van der Waals surface area contributed by atoms with Gasteiger partial charge in [0.15, 0.2) is 11.2 Å². The van der Waals surface area contributed by atoms with Crippen molar-refractivity contribution < 1.29 is 4.74 Å². The highest BCUT2D eigenvalue weighted by atomic mass is 16.5. The Labute approximate surface area is 150 Å². The normalized spacial score (nSPS) is 16.7. The van der Waals surface area contributed by atoms with Crippen LogP contribution in [0.3, 0.4) is 0 Å². The van der Waals surface area contributed by atoms with Gasteiger partial charge in [-0.2, -0.15) is 10.1 Å². The van der Waals surface area contributed by atoms with Gasteiger partial charge in [-0.3, -0.25) is 18.5 Å². The van der Waals surface area contributed by atoms with Crippen molar-refractivity contribution in [3.63, 3.8) is 0 Å². The quantitative estimate of drug-likeness (QED) is 0.564. The van der Waals surface area contributed by atoms with Crippen LogP contribution in [0.15, 0.2) is 27.3 Å². The Hall–Kier alpha value is -2.68. The summed E-state index contributed by atoms with van der Waals surface area (Å²) in [5.41, 5.74) is 0.828. The number of aromatic nitrogens is 4. The third-order valence-electron chi connectivity index (χ3n) is 4.62. The maximum absolute atomic E-state index is 13.0. The highest BCUT2D eigenvalue weighted by molar-refractivity contribution is 5.91. The largest absolute Gasteiger partial charge is 0.380 e. The molecule has 0 amide bonds. The first-order chi connectivity index (χ1) is 12.4. The minimum atomic E-state index is -0.413. The third kappa shape index (κ3) is 2.68. The van der Waals surface area contributed by atoms with Gasteiger partial charge < -0.3 is 4.74 Å². The number of nitrogens with zero attached hydrogens (tertiary/aromatic N) is 6. The van der Waals surface area contributed by atoms with Gasteiger partial charge in [0.25, 0.3) is 5.56 Å². The fraction of sp³-hybridized carbons (Fsp3) is 0.529. The second kappa shape index (κ2) is 6.91. The van der Waals surface area contributed by atoms with E-state index < -0.39 is 5.69 Å². The van der Waals surface area contributed by atoms with Crippen LogP contribution in [0.4, 0.5) is 5.95 Å². The van der Waals surface area contributed by atoms with Crippen LogP contribution in [-0.4, -0.2) is 44.2 Å². The molecule has 3 heterocycles. The first kappa shape index (κ1) is 18.1. The maximum Gasteiger partial charge on any atom is 0.332 e. The summed E-state index contributed by atoms with van der Waals surface area (Å²) in [5, 5.41) is 6.32. The van der Waals surface area contributed by atoms with E-state index in [9.17, 15) is 9.59 Å². The van der Waals surface area contributed by atoms with Crippen LogP contribution in [0.2, 0.25) is 0 Å². The van der Waals surface area contributed by atoms with Crippen LogP contribution < -0.4 is 16.3 Å². The van der Waals surface area contributed by atoms with E-state index >= 15 is 0 Å². The number of anilines is 1. The molecule has 2 aromatic heterocycles. The molecule has 26 heavy (non-hydrogen) atoms. The van der Waals surface area contributed by atoms with E-state index in [2.05, 4.69) is 16.7 Å². The molecule has 0 radical (unpaired) electrons. The number of hydrogen-bond donors (Lipinski definition) is 0. The molecule has 3 rings (SSSR count). The molecule has 0 aromatic carbocycles. The number of hydrogen-bond acceptors (Lipinski definition) is 6. The van der Waals surface area contributed by atoms with Crippen molar-refractivity contribution in [3.8, 4) is 0 Å². The monoisotopic (exact) mass is 360 g/mol. The first-order valence-corrected chi connectivity index (χ1v) is 8.65. The third-order valence-corrected chi connectivity index (χ3v) is 4.62. The summed E-state index contributed by atoms with van der Waals surface area (Å²) in [6.45, 7) is 11.2. The number of ether oxygens (including phenoxy) is 1. The zero-order valence-corrected chi connectivity index (χ0v) is 15.6. The molecule has 0 N–H and O–H groups in total. The fourth-order valence-electron chi connectivity index (χ4n) is 3.12. The van der Waals surface area contributed by atoms with Crippen LogP contribution >= 0.6 is 0 Å². The Morgan fingerprint density at radius 3 is 2.73 bits per heavy atom. The molecule has 1 aliphatic heterocycles. The number of rotatable bonds is 6. The average molecular weight is 360 g/mol. The molecule has 0 spiro atoms. The van der Waals surface area contributed by atoms with Gasteiger partial charge in [0.2, 0.25) is 5.95 Å². The zero-order valence-electron chi connectivity index (χ0n) is 15.6. The number of allylic oxidation sites excluding steroid dienone is 1. The summed E-state index contributed by atoms with van der Waals surface area (Å²) in [7, 11) is 1.62. The second-order valence-electron chi connectivity index (χ2n) is 6.24. The molecule has 2 aromatic rings. The van der Waals surface area contributed by atoms with Crippen molar-refractivity contribution in [1.82, 2.24) is 18.7 Å². The van der Waals surface area contributed by atoms with Gasteiger partial charge in [0.1, 0.15) is 0 Å². The van der Waals surface area contributed by atoms with Gasteiger partial charge in [0.05, 0.1) is 24.9 Å². The highest BCUT2D eigenvalue weighted by Crippen LogP contribution is 2.29. The Morgan fingerprint density at radius 2 is 2.08 bits per heavy atom. The first-order valence-electron chi connectivity index (χ1n) is 8.65. The lowest BCUT2D eigenvalue weighted by atomic mass is 10.2. The van der Waals surface area contributed by atoms with Crippen molar-refractivity contribution in [2.75, 3.05) is 24.8 Å². The van der Waals surface area contributed by atoms with E-state index in [0.29, 0.717) is 36.9 Å². The van der Waals surface area contributed by atoms with Crippen LogP contribution in [-0.2, 0) is 18.3 Å². The molecule has 0 aliphatic carbocycles. The van der Waals surface area contributed by atoms with E-state index in [1.54, 1.807) is 12.1 Å². The molecule has 9 heteroatoms. The van der Waals surface area contributed by atoms with Crippen LogP contribution in [0.1, 0.15) is 26.8 Å². The lowest BCUT2D eigenvalue weighted by Crippen LogP contribution is -2.40. The average Bonchev–Trinajstić information content (AvgIpc) is 3.02. The van der Waals surface area contributed by atoms with E-state index in [-0.39, 0.29) is 18.1 Å². The summed E-state index contributed by atoms with van der Waals surface area (Å²) >= 11 is 0. The number of aryl methyl sites for hydroxylation is 1. The minimum absolute atomic E-state index is 0.138. The van der Waals surface area contributed by atoms with Crippen molar-refractivity contribution in [3.05, 3.63) is 33.5 Å². The Kier molecular flexibility index (Phi) is 4.82. The van der Waals surface area contributed by atoms with Crippen LogP contribution in [0, 0.1) is 0 Å². The fourth-order valence-corrected chi connectivity index (χ4v) is 3.12. The molecule has 1 unspecified atom stereocenters. The van der Waals surface area contributed by atoms with Gasteiger partial charge in [-0.1, -0.05) is 6.08 Å². The zero-order chi connectivity index (χ0) is 19.0. The number of hydrazone groups is 1. The van der Waals surface area contributed by atoms with Gasteiger partial charge in [-0.05, 0) is 20.8 Å². The summed E-state index contributed by atoms with van der Waals surface area (Å²) in [6.07, 6.45) is 1.53. The molecular weight excluding hydrogens is 336 g/mol. The van der Waals surface area contributed by atoms with E-state index in [1.807, 2.05) is 25.3 Å². The highest BCUT2D eigenvalue weighted by Gasteiger charge is 2.30. The van der Waals surface area contributed by atoms with Crippen molar-refractivity contribution in [2.45, 2.75) is 33.4 Å². The lowest BCUT2D eigenvalue weighted by molar-refractivity contribution is 0.153. The molecular formula is C17H24N6O3. The summed E-state index contributed by atoms with van der Waals surface area (Å²) in [6, 6.07) is -0.138. The minimum Gasteiger partial charge on any atom is -0.380 e. The standard InChI is InChI=1S/C17H24N6O3/c1-6-8-21-15(24)13-14(20(5)17(21)25)18-16-22(9-10-26-7-2)19-11(3)12(4)23(13)16/h6,12H,1,7-10H2,2-5H3. The van der Waals surface area contributed by atoms with Crippen LogP contribution in [0.5, 0.6) is 0 Å². The lowest BCUT2D eigenvalue weighted by Gasteiger charge is -2.29. The van der Waals surface area contributed by atoms with Gasteiger partial charge >= 0.3 is 5.69 Å². The smallest absolute Gasteiger partial charge is 0.332 e. The molecule has 0 fully saturated rings. The molecule has 0 saturated heterocycles. The van der Waals surface area contributed by atoms with Crippen molar-refractivity contribution >= 4 is 22.8 Å². The van der Waals surface area contributed by atoms with Gasteiger partial charge in [0, 0.05) is 20.2 Å². The maximum atomic E-state index is 13.0. The number of imidazole rings is 1. The van der Waals surface area contributed by atoms with Crippen LogP contribution in [0.25, 0.3) is 11.2 Å². The summed E-state index contributed by atoms with van der Waals surface area (Å²) in [5.74, 6) is 0.543. The molecule has 0 saturated carbocycles.